The Kier molecular flexibility index (Phi) is 5.00. The van der Waals surface area contributed by atoms with Crippen LogP contribution in [-0.4, -0.2) is 11.1 Å². The number of amides is 1. The molecule has 27 heavy (non-hydrogen) atoms. The molecule has 3 nitrogen and oxygen atoms in total. The highest BCUT2D eigenvalue weighted by molar-refractivity contribution is 5.93. The third-order valence-corrected chi connectivity index (χ3v) is 5.97. The molecule has 2 N–H and O–H groups in total. The topological polar surface area (TPSA) is 49.3 Å². The largest absolute Gasteiger partial charge is 0.288 e. The predicted molar refractivity (Wildman–Crippen MR) is 111 cm³/mol. The van der Waals surface area contributed by atoms with Crippen molar-refractivity contribution in [2.75, 3.05) is 0 Å². The minimum absolute atomic E-state index is 0.195. The van der Waals surface area contributed by atoms with E-state index in [0.717, 1.165) is 5.56 Å². The quantitative estimate of drug-likeness (QED) is 0.416. The van der Waals surface area contributed by atoms with Gasteiger partial charge < -0.3 is 0 Å². The lowest BCUT2D eigenvalue weighted by molar-refractivity contribution is 0.0706. The van der Waals surface area contributed by atoms with Crippen molar-refractivity contribution in [1.82, 2.24) is 5.48 Å². The van der Waals surface area contributed by atoms with E-state index in [0.29, 0.717) is 5.56 Å². The van der Waals surface area contributed by atoms with Crippen LogP contribution in [-0.2, 0) is 10.8 Å². The van der Waals surface area contributed by atoms with Crippen LogP contribution in [0.2, 0.25) is 0 Å². The molecule has 1 aliphatic rings. The van der Waals surface area contributed by atoms with Crippen LogP contribution in [0.25, 0.3) is 11.6 Å². The molecule has 0 saturated heterocycles. The third kappa shape index (κ3) is 3.84. The molecular formula is C24H29NO2. The second kappa shape index (κ2) is 6.97. The van der Waals surface area contributed by atoms with E-state index in [1.165, 1.54) is 35.1 Å². The number of benzene rings is 2. The van der Waals surface area contributed by atoms with E-state index in [4.69, 9.17) is 5.21 Å². The van der Waals surface area contributed by atoms with Gasteiger partial charge in [0.15, 0.2) is 0 Å². The van der Waals surface area contributed by atoms with Crippen LogP contribution in [0, 0.1) is 0 Å². The molecular weight excluding hydrogens is 334 g/mol. The molecule has 0 saturated carbocycles. The zero-order chi connectivity index (χ0) is 19.8. The van der Waals surface area contributed by atoms with Crippen LogP contribution in [0.5, 0.6) is 0 Å². The Hall–Kier alpha value is -2.39. The molecule has 0 aliphatic heterocycles. The molecule has 2 aromatic carbocycles. The van der Waals surface area contributed by atoms with Crippen LogP contribution in [0.15, 0.2) is 42.5 Å². The summed E-state index contributed by atoms with van der Waals surface area (Å²) < 4.78 is 0. The highest BCUT2D eigenvalue weighted by Crippen LogP contribution is 2.46. The van der Waals surface area contributed by atoms with Gasteiger partial charge in [0, 0.05) is 5.56 Å². The molecule has 3 heteroatoms. The lowest BCUT2D eigenvalue weighted by Gasteiger charge is -2.42. The van der Waals surface area contributed by atoms with Gasteiger partial charge in [0.1, 0.15) is 0 Å². The van der Waals surface area contributed by atoms with Crippen LogP contribution >= 0.6 is 0 Å². The normalized spacial score (nSPS) is 17.9. The summed E-state index contributed by atoms with van der Waals surface area (Å²) in [6, 6.07) is 14.1. The maximum Gasteiger partial charge on any atom is 0.274 e. The molecule has 1 amide bonds. The third-order valence-electron chi connectivity index (χ3n) is 5.97. The summed E-state index contributed by atoms with van der Waals surface area (Å²) in [5.41, 5.74) is 8.89. The second-order valence-electron chi connectivity index (χ2n) is 8.92. The number of hydroxylamine groups is 1. The molecule has 0 fully saturated rings. The fraction of sp³-hybridized carbons (Fsp3) is 0.375. The molecule has 0 radical (unpaired) electrons. The van der Waals surface area contributed by atoms with Crippen molar-refractivity contribution < 1.29 is 10.0 Å². The van der Waals surface area contributed by atoms with Gasteiger partial charge in [-0.3, -0.25) is 10.0 Å². The Morgan fingerprint density at radius 2 is 1.48 bits per heavy atom. The van der Waals surface area contributed by atoms with Crippen molar-refractivity contribution in [2.24, 2.45) is 0 Å². The van der Waals surface area contributed by atoms with Crippen LogP contribution < -0.4 is 5.48 Å². The number of hydrogen-bond donors (Lipinski definition) is 2. The summed E-state index contributed by atoms with van der Waals surface area (Å²) >= 11 is 0. The van der Waals surface area contributed by atoms with Crippen LogP contribution in [0.1, 0.15) is 80.1 Å². The van der Waals surface area contributed by atoms with Crippen molar-refractivity contribution in [3.8, 4) is 0 Å². The number of carbonyl (C=O) groups is 1. The van der Waals surface area contributed by atoms with Crippen molar-refractivity contribution >= 4 is 17.6 Å². The van der Waals surface area contributed by atoms with E-state index < -0.39 is 5.91 Å². The van der Waals surface area contributed by atoms with E-state index in [9.17, 15) is 4.79 Å². The van der Waals surface area contributed by atoms with Crippen molar-refractivity contribution in [3.05, 3.63) is 70.3 Å². The molecule has 0 atom stereocenters. The molecule has 1 aliphatic carbocycles. The number of rotatable bonds is 3. The van der Waals surface area contributed by atoms with Crippen LogP contribution in [0.4, 0.5) is 0 Å². The molecule has 0 spiro atoms. The molecule has 142 valence electrons. The molecule has 0 bridgehead atoms. The van der Waals surface area contributed by atoms with E-state index in [2.05, 4.69) is 58.9 Å². The monoisotopic (exact) mass is 363 g/mol. The van der Waals surface area contributed by atoms with Crippen LogP contribution in [0.3, 0.4) is 0 Å². The fourth-order valence-electron chi connectivity index (χ4n) is 3.96. The van der Waals surface area contributed by atoms with E-state index in [1.54, 1.807) is 17.6 Å². The zero-order valence-electron chi connectivity index (χ0n) is 16.9. The van der Waals surface area contributed by atoms with Crippen molar-refractivity contribution in [3.63, 3.8) is 0 Å². The minimum atomic E-state index is -0.498. The average Bonchev–Trinajstić information content (AvgIpc) is 2.65. The Morgan fingerprint density at radius 3 is 2.07 bits per heavy atom. The lowest BCUT2D eigenvalue weighted by atomic mass is 9.63. The van der Waals surface area contributed by atoms with Gasteiger partial charge in [0.05, 0.1) is 0 Å². The second-order valence-corrected chi connectivity index (χ2v) is 8.92. The van der Waals surface area contributed by atoms with Gasteiger partial charge >= 0.3 is 0 Å². The first-order valence-electron chi connectivity index (χ1n) is 9.52. The van der Waals surface area contributed by atoms with Gasteiger partial charge in [-0.15, -0.1) is 0 Å². The lowest BCUT2D eigenvalue weighted by Crippen LogP contribution is -2.33. The van der Waals surface area contributed by atoms with Gasteiger partial charge in [-0.1, -0.05) is 64.1 Å². The van der Waals surface area contributed by atoms with E-state index >= 15 is 0 Å². The predicted octanol–water partition coefficient (Wildman–Crippen LogP) is 5.72. The van der Waals surface area contributed by atoms with Crippen molar-refractivity contribution in [2.45, 2.75) is 58.3 Å². The zero-order valence-corrected chi connectivity index (χ0v) is 16.9. The van der Waals surface area contributed by atoms with Gasteiger partial charge in [-0.05, 0) is 70.6 Å². The first-order valence-corrected chi connectivity index (χ1v) is 9.52. The van der Waals surface area contributed by atoms with E-state index in [1.807, 2.05) is 12.1 Å². The number of hydrogen-bond acceptors (Lipinski definition) is 2. The Balaban J connectivity index is 1.95. The number of allylic oxidation sites excluding steroid dienone is 1. The summed E-state index contributed by atoms with van der Waals surface area (Å²) in [4.78, 5) is 11.4. The van der Waals surface area contributed by atoms with Gasteiger partial charge in [-0.25, -0.2) is 5.48 Å². The number of carbonyl (C=O) groups excluding carboxylic acids is 1. The molecule has 0 unspecified atom stereocenters. The number of nitrogens with one attached hydrogen (secondary N) is 1. The summed E-state index contributed by atoms with van der Waals surface area (Å²) in [6.45, 7) is 11.5. The maximum atomic E-state index is 11.4. The summed E-state index contributed by atoms with van der Waals surface area (Å²) in [5.74, 6) is -0.498. The fourth-order valence-corrected chi connectivity index (χ4v) is 3.96. The van der Waals surface area contributed by atoms with Gasteiger partial charge in [0.25, 0.3) is 5.91 Å². The summed E-state index contributed by atoms with van der Waals surface area (Å²) in [7, 11) is 0. The average molecular weight is 364 g/mol. The maximum absolute atomic E-state index is 11.4. The summed E-state index contributed by atoms with van der Waals surface area (Å²) in [6.07, 6.45) is 4.55. The van der Waals surface area contributed by atoms with E-state index in [-0.39, 0.29) is 10.8 Å². The first kappa shape index (κ1) is 19.4. The Labute approximate surface area is 162 Å². The SMILES string of the molecule is C/C(=C\c1ccc(C(=O)NO)cc1)c1ccc2c(c1)C(C)(C)CCC2(C)C. The Bertz CT molecular complexity index is 889. The Morgan fingerprint density at radius 1 is 0.926 bits per heavy atom. The van der Waals surface area contributed by atoms with Gasteiger partial charge in [0.2, 0.25) is 0 Å². The number of fused-ring (bicyclic) bond motifs is 1. The molecule has 0 aromatic heterocycles. The molecule has 3 rings (SSSR count). The molecule has 2 aromatic rings. The highest BCUT2D eigenvalue weighted by atomic mass is 16.5. The first-order chi connectivity index (χ1) is 12.6. The highest BCUT2D eigenvalue weighted by Gasteiger charge is 2.36. The van der Waals surface area contributed by atoms with Crippen molar-refractivity contribution in [1.29, 1.82) is 0 Å². The molecule has 0 heterocycles. The summed E-state index contributed by atoms with van der Waals surface area (Å²) in [5, 5.41) is 8.72. The van der Waals surface area contributed by atoms with Gasteiger partial charge in [-0.2, -0.15) is 0 Å². The smallest absolute Gasteiger partial charge is 0.274 e. The minimum Gasteiger partial charge on any atom is -0.288 e. The standard InChI is InChI=1S/C24H29NO2/c1-16(14-17-6-8-18(9-7-17)22(26)25-27)19-10-11-20-21(15-19)24(4,5)13-12-23(20,2)3/h6-11,14-15,27H,12-13H2,1-5H3,(H,25,26)/b16-14+.